The monoisotopic (exact) mass is 390 g/mol. The molecule has 0 aromatic heterocycles. The fourth-order valence-corrected chi connectivity index (χ4v) is 3.52. The minimum atomic E-state index is -4.02. The maximum absolute atomic E-state index is 12.8. The molecule has 0 saturated heterocycles. The van der Waals surface area contributed by atoms with Gasteiger partial charge in [-0.05, 0) is 50.6 Å². The summed E-state index contributed by atoms with van der Waals surface area (Å²) in [5.41, 5.74) is 1.11. The Balaban J connectivity index is 2.41. The number of ether oxygens (including phenoxy) is 1. The molecule has 8 heteroatoms. The number of carbonyl (C=O) groups is 2. The number of sulfonamides is 1. The third-order valence-electron chi connectivity index (χ3n) is 3.76. The molecule has 0 heterocycles. The molecule has 2 N–H and O–H groups in total. The van der Waals surface area contributed by atoms with Crippen LogP contribution >= 0.6 is 0 Å². The molecule has 0 radical (unpaired) electrons. The van der Waals surface area contributed by atoms with Crippen molar-refractivity contribution >= 4 is 27.6 Å². The number of nitrogens with one attached hydrogen (secondary N) is 2. The van der Waals surface area contributed by atoms with Gasteiger partial charge in [0.05, 0.1) is 28.8 Å². The Morgan fingerprint density at radius 1 is 1.04 bits per heavy atom. The molecule has 0 fully saturated rings. The highest BCUT2D eigenvalue weighted by atomic mass is 32.2. The SMILES string of the molecule is COC(=O)c1cc(S(=O)(=O)Nc2ccccc2C(=O)NC(C)C)ccc1C. The highest BCUT2D eigenvalue weighted by molar-refractivity contribution is 7.92. The highest BCUT2D eigenvalue weighted by Gasteiger charge is 2.21. The summed E-state index contributed by atoms with van der Waals surface area (Å²) in [6, 6.07) is 10.4. The smallest absolute Gasteiger partial charge is 0.338 e. The predicted molar refractivity (Wildman–Crippen MR) is 102 cm³/mol. The van der Waals surface area contributed by atoms with Gasteiger partial charge in [0, 0.05) is 6.04 Å². The van der Waals surface area contributed by atoms with Crippen LogP contribution in [0.3, 0.4) is 0 Å². The number of methoxy groups -OCH3 is 1. The summed E-state index contributed by atoms with van der Waals surface area (Å²) in [6.45, 7) is 5.30. The number of anilines is 1. The molecule has 2 aromatic carbocycles. The maximum Gasteiger partial charge on any atom is 0.338 e. The standard InChI is InChI=1S/C19H22N2O5S/c1-12(2)20-18(22)15-7-5-6-8-17(15)21-27(24,25)14-10-9-13(3)16(11-14)19(23)26-4/h5-12,21H,1-4H3,(H,20,22). The topological polar surface area (TPSA) is 102 Å². The van der Waals surface area contributed by atoms with E-state index in [-0.39, 0.29) is 33.7 Å². The van der Waals surface area contributed by atoms with Crippen molar-refractivity contribution in [1.29, 1.82) is 0 Å². The number of amides is 1. The third-order valence-corrected chi connectivity index (χ3v) is 5.12. The van der Waals surface area contributed by atoms with Crippen molar-refractivity contribution < 1.29 is 22.7 Å². The van der Waals surface area contributed by atoms with Crippen LogP contribution in [0.1, 0.15) is 40.1 Å². The highest BCUT2D eigenvalue weighted by Crippen LogP contribution is 2.22. The summed E-state index contributed by atoms with van der Waals surface area (Å²) in [5, 5.41) is 2.73. The Morgan fingerprint density at radius 2 is 1.70 bits per heavy atom. The quantitative estimate of drug-likeness (QED) is 0.739. The summed E-state index contributed by atoms with van der Waals surface area (Å²) in [5.74, 6) is -1.01. The molecule has 0 bridgehead atoms. The fourth-order valence-electron chi connectivity index (χ4n) is 2.41. The van der Waals surface area contributed by atoms with E-state index in [9.17, 15) is 18.0 Å². The van der Waals surface area contributed by atoms with Gasteiger partial charge >= 0.3 is 5.97 Å². The lowest BCUT2D eigenvalue weighted by atomic mass is 10.1. The summed E-state index contributed by atoms with van der Waals surface area (Å²) in [6.07, 6.45) is 0. The van der Waals surface area contributed by atoms with Gasteiger partial charge < -0.3 is 10.1 Å². The third kappa shape index (κ3) is 4.85. The molecule has 0 aliphatic heterocycles. The van der Waals surface area contributed by atoms with Crippen LogP contribution in [-0.2, 0) is 14.8 Å². The molecule has 0 aliphatic carbocycles. The first-order valence-corrected chi connectivity index (χ1v) is 9.75. The van der Waals surface area contributed by atoms with E-state index in [1.807, 2.05) is 13.8 Å². The lowest BCUT2D eigenvalue weighted by Gasteiger charge is -2.15. The van der Waals surface area contributed by atoms with Crippen LogP contribution in [0.2, 0.25) is 0 Å². The van der Waals surface area contributed by atoms with Crippen molar-refractivity contribution in [2.75, 3.05) is 11.8 Å². The first-order chi connectivity index (χ1) is 12.7. The van der Waals surface area contributed by atoms with Crippen molar-refractivity contribution in [2.24, 2.45) is 0 Å². The fraction of sp³-hybridized carbons (Fsp3) is 0.263. The second-order valence-corrected chi connectivity index (χ2v) is 7.93. The zero-order chi connectivity index (χ0) is 20.2. The van der Waals surface area contributed by atoms with Crippen LogP contribution in [0.15, 0.2) is 47.4 Å². The molecule has 0 saturated carbocycles. The number of benzene rings is 2. The number of para-hydroxylation sites is 1. The van der Waals surface area contributed by atoms with Crippen LogP contribution in [0.4, 0.5) is 5.69 Å². The molecule has 1 amide bonds. The van der Waals surface area contributed by atoms with Crippen molar-refractivity contribution in [3.05, 3.63) is 59.2 Å². The van der Waals surface area contributed by atoms with Crippen molar-refractivity contribution in [3.63, 3.8) is 0 Å². The molecule has 0 atom stereocenters. The lowest BCUT2D eigenvalue weighted by molar-refractivity contribution is 0.0599. The Hall–Kier alpha value is -2.87. The average Bonchev–Trinajstić information content (AvgIpc) is 2.60. The first-order valence-electron chi connectivity index (χ1n) is 8.27. The van der Waals surface area contributed by atoms with Gasteiger partial charge in [0.15, 0.2) is 0 Å². The Kier molecular flexibility index (Phi) is 6.22. The number of carbonyl (C=O) groups excluding carboxylic acids is 2. The van der Waals surface area contributed by atoms with Crippen LogP contribution in [0, 0.1) is 6.92 Å². The van der Waals surface area contributed by atoms with Crippen LogP contribution in [0.5, 0.6) is 0 Å². The van der Waals surface area contributed by atoms with Gasteiger partial charge in [-0.2, -0.15) is 0 Å². The number of rotatable bonds is 6. The summed E-state index contributed by atoms with van der Waals surface area (Å²) < 4.78 is 32.7. The normalized spacial score (nSPS) is 11.1. The van der Waals surface area contributed by atoms with Gasteiger partial charge in [-0.1, -0.05) is 18.2 Å². The molecule has 7 nitrogen and oxygen atoms in total. The molecule has 0 aliphatic rings. The Labute approximate surface area is 158 Å². The molecule has 27 heavy (non-hydrogen) atoms. The van der Waals surface area contributed by atoms with Gasteiger partial charge in [-0.15, -0.1) is 0 Å². The number of aryl methyl sites for hydroxylation is 1. The molecule has 0 spiro atoms. The number of hydrogen-bond donors (Lipinski definition) is 2. The van der Waals surface area contributed by atoms with E-state index in [0.29, 0.717) is 5.56 Å². The first kappa shape index (κ1) is 20.4. The van der Waals surface area contributed by atoms with E-state index in [2.05, 4.69) is 14.8 Å². The molecular weight excluding hydrogens is 368 g/mol. The van der Waals surface area contributed by atoms with E-state index in [4.69, 9.17) is 0 Å². The van der Waals surface area contributed by atoms with Gasteiger partial charge in [0.25, 0.3) is 15.9 Å². The molecule has 144 valence electrons. The summed E-state index contributed by atoms with van der Waals surface area (Å²) in [7, 11) is -2.79. The zero-order valence-electron chi connectivity index (χ0n) is 15.6. The van der Waals surface area contributed by atoms with Gasteiger partial charge in [0.1, 0.15) is 0 Å². The summed E-state index contributed by atoms with van der Waals surface area (Å²) in [4.78, 5) is 24.0. The number of hydrogen-bond acceptors (Lipinski definition) is 5. The van der Waals surface area contributed by atoms with E-state index in [1.165, 1.54) is 37.4 Å². The predicted octanol–water partition coefficient (Wildman–Crippen LogP) is 2.72. The van der Waals surface area contributed by atoms with Crippen LogP contribution < -0.4 is 10.0 Å². The van der Waals surface area contributed by atoms with Gasteiger partial charge in [0.2, 0.25) is 0 Å². The van der Waals surface area contributed by atoms with E-state index < -0.39 is 16.0 Å². The minimum absolute atomic E-state index is 0.0955. The minimum Gasteiger partial charge on any atom is -0.465 e. The molecule has 2 rings (SSSR count). The zero-order valence-corrected chi connectivity index (χ0v) is 16.4. The largest absolute Gasteiger partial charge is 0.465 e. The summed E-state index contributed by atoms with van der Waals surface area (Å²) >= 11 is 0. The van der Waals surface area contributed by atoms with Gasteiger partial charge in [-0.25, -0.2) is 13.2 Å². The number of esters is 1. The van der Waals surface area contributed by atoms with Crippen LogP contribution in [0.25, 0.3) is 0 Å². The van der Waals surface area contributed by atoms with E-state index >= 15 is 0 Å². The average molecular weight is 390 g/mol. The van der Waals surface area contributed by atoms with Crippen molar-refractivity contribution in [1.82, 2.24) is 5.32 Å². The van der Waals surface area contributed by atoms with Crippen molar-refractivity contribution in [3.8, 4) is 0 Å². The van der Waals surface area contributed by atoms with E-state index in [1.54, 1.807) is 19.1 Å². The Bertz CT molecular complexity index is 968. The van der Waals surface area contributed by atoms with E-state index in [0.717, 1.165) is 0 Å². The second-order valence-electron chi connectivity index (χ2n) is 6.25. The molecule has 0 unspecified atom stereocenters. The second kappa shape index (κ2) is 8.22. The van der Waals surface area contributed by atoms with Crippen LogP contribution in [-0.4, -0.2) is 33.4 Å². The maximum atomic E-state index is 12.8. The lowest BCUT2D eigenvalue weighted by Crippen LogP contribution is -2.31. The van der Waals surface area contributed by atoms with Crippen molar-refractivity contribution in [2.45, 2.75) is 31.7 Å². The Morgan fingerprint density at radius 3 is 2.33 bits per heavy atom. The molecular formula is C19H22N2O5S. The molecule has 2 aromatic rings. The van der Waals surface area contributed by atoms with Gasteiger partial charge in [-0.3, -0.25) is 9.52 Å².